The molecule has 3 aromatic heterocycles. The number of hydrogen-bond donors (Lipinski definition) is 15. The molecule has 3 aliphatic rings. The van der Waals surface area contributed by atoms with Gasteiger partial charge in [0, 0.05) is 110 Å². The van der Waals surface area contributed by atoms with Crippen LogP contribution in [0.2, 0.25) is 0 Å². The van der Waals surface area contributed by atoms with Crippen molar-refractivity contribution in [1.82, 2.24) is 62.4 Å². The van der Waals surface area contributed by atoms with Gasteiger partial charge in [-0.1, -0.05) is 85.6 Å². The van der Waals surface area contributed by atoms with Gasteiger partial charge in [-0.3, -0.25) is 48.3 Å². The van der Waals surface area contributed by atoms with Crippen molar-refractivity contribution in [2.75, 3.05) is 44.7 Å². The number of guanidine groups is 1. The molecule has 4 aromatic carbocycles. The largest absolute Gasteiger partial charge is 0.508 e. The number of rotatable bonds is 23. The topological polar surface area (TPSA) is 411 Å². The number of phenolic OH excluding ortho intramolecular Hbond substituents is 1. The third-order valence-corrected chi connectivity index (χ3v) is 21.5. The number of benzene rings is 4. The maximum absolute atomic E-state index is 15.3. The Labute approximate surface area is 616 Å². The summed E-state index contributed by atoms with van der Waals surface area (Å²) in [5, 5.41) is 47.2. The monoisotopic (exact) mass is 1450 g/mol. The van der Waals surface area contributed by atoms with Gasteiger partial charge >= 0.3 is 0 Å². The number of carbonyl (C=O) groups is 8. The van der Waals surface area contributed by atoms with Gasteiger partial charge in [-0.2, -0.15) is 11.8 Å². The molecule has 27 heteroatoms. The Morgan fingerprint density at radius 3 is 1.94 bits per heavy atom. The van der Waals surface area contributed by atoms with Crippen molar-refractivity contribution in [3.05, 3.63) is 167 Å². The Hall–Kier alpha value is -9.67. The molecule has 2 aliphatic heterocycles. The summed E-state index contributed by atoms with van der Waals surface area (Å²) in [5.74, 6) is -3.42. The van der Waals surface area contributed by atoms with E-state index in [2.05, 4.69) is 98.8 Å². The van der Waals surface area contributed by atoms with Crippen molar-refractivity contribution in [2.24, 2.45) is 28.1 Å². The molecule has 1 aliphatic carbocycles. The second-order valence-corrected chi connectivity index (χ2v) is 29.3. The minimum Gasteiger partial charge on any atom is -0.508 e. The molecule has 2 saturated heterocycles. The number of para-hydroxylation sites is 1. The van der Waals surface area contributed by atoms with E-state index in [1.165, 1.54) is 53.5 Å². The van der Waals surface area contributed by atoms with Crippen LogP contribution in [-0.2, 0) is 70.5 Å². The predicted octanol–water partition coefficient (Wildman–Crippen LogP) is 3.86. The fraction of sp³-hybridized carbons (Fsp3) is 0.462. The molecule has 7 amide bonds. The molecular formula is C78H102N16O10S. The second kappa shape index (κ2) is 38.4. The molecule has 12 atom stereocenters. The van der Waals surface area contributed by atoms with Crippen LogP contribution < -0.4 is 59.7 Å². The van der Waals surface area contributed by atoms with Gasteiger partial charge in [0.05, 0.1) is 18.2 Å². The molecule has 0 radical (unpaired) electrons. The number of hydrogen-bond acceptors (Lipinski definition) is 16. The molecule has 0 saturated carbocycles. The molecule has 5 heterocycles. The number of nitrogens with two attached hydrogens (primary N) is 3. The highest BCUT2D eigenvalue weighted by Gasteiger charge is 2.41. The molecule has 18 N–H and O–H groups in total. The van der Waals surface area contributed by atoms with E-state index >= 15 is 24.0 Å². The second-order valence-electron chi connectivity index (χ2n) is 28.2. The summed E-state index contributed by atoms with van der Waals surface area (Å²) in [4.78, 5) is 138. The molecule has 7 aromatic rings. The van der Waals surface area contributed by atoms with Gasteiger partial charge in [-0.25, -0.2) is 0 Å². The quantitative estimate of drug-likeness (QED) is 0.0246. The van der Waals surface area contributed by atoms with Gasteiger partial charge in [-0.05, 0) is 166 Å². The number of nitrogens with one attached hydrogen (secondary N) is 10. The molecule has 0 unspecified atom stereocenters. The van der Waals surface area contributed by atoms with Crippen LogP contribution in [0, 0.1) is 5.92 Å². The van der Waals surface area contributed by atoms with E-state index in [-0.39, 0.29) is 88.4 Å². The minimum atomic E-state index is -1.64. The number of aliphatic hydroxyl groups excluding tert-OH is 1. The van der Waals surface area contributed by atoms with Gasteiger partial charge < -0.3 is 84.8 Å². The van der Waals surface area contributed by atoms with Crippen LogP contribution in [0.15, 0.2) is 139 Å². The van der Waals surface area contributed by atoms with Crippen molar-refractivity contribution in [3.63, 3.8) is 0 Å². The zero-order valence-corrected chi connectivity index (χ0v) is 60.6. The molecular weight excluding hydrogens is 1350 g/mol. The first-order chi connectivity index (χ1) is 50.8. The average Bonchev–Trinajstić information content (AvgIpc) is 1.68. The van der Waals surface area contributed by atoms with E-state index in [4.69, 9.17) is 17.2 Å². The molecule has 0 spiro atoms. The number of aromatic nitrogens is 3. The summed E-state index contributed by atoms with van der Waals surface area (Å²) < 4.78 is 0. The number of amides is 7. The first-order valence-corrected chi connectivity index (χ1v) is 37.9. The number of likely N-dealkylation sites (tertiary alicyclic amines) is 1. The maximum Gasteiger partial charge on any atom is 0.245 e. The predicted molar refractivity (Wildman–Crippen MR) is 406 cm³/mol. The fourth-order valence-corrected chi connectivity index (χ4v) is 15.7. The number of likely N-dealkylation sites (N-methyl/N-ethyl adjacent to an activating group) is 1. The summed E-state index contributed by atoms with van der Waals surface area (Å²) in [6.45, 7) is 3.08. The van der Waals surface area contributed by atoms with Gasteiger partial charge in [0.2, 0.25) is 41.4 Å². The zero-order chi connectivity index (χ0) is 74.4. The number of phenols is 1. The Morgan fingerprint density at radius 1 is 0.638 bits per heavy atom. The number of aliphatic imine (C=N–C) groups is 1. The molecule has 0 bridgehead atoms. The van der Waals surface area contributed by atoms with Crippen LogP contribution in [0.5, 0.6) is 5.75 Å². The number of aliphatic hydroxyl groups is 1. The average molecular weight is 1460 g/mol. The van der Waals surface area contributed by atoms with Crippen molar-refractivity contribution in [1.29, 1.82) is 0 Å². The highest BCUT2D eigenvalue weighted by atomic mass is 32.2. The van der Waals surface area contributed by atoms with Gasteiger partial charge in [0.15, 0.2) is 11.7 Å². The Bertz CT molecular complexity index is 4100. The third kappa shape index (κ3) is 22.0. The van der Waals surface area contributed by atoms with E-state index in [0.717, 1.165) is 36.0 Å². The number of piperidine rings is 1. The highest BCUT2D eigenvalue weighted by molar-refractivity contribution is 7.99. The molecule has 10 rings (SSSR count). The Morgan fingerprint density at radius 2 is 1.24 bits per heavy atom. The van der Waals surface area contributed by atoms with Crippen molar-refractivity contribution in [2.45, 2.75) is 176 Å². The highest BCUT2D eigenvalue weighted by Crippen LogP contribution is 2.45. The Kier molecular flexibility index (Phi) is 28.5. The number of aromatic amines is 2. The van der Waals surface area contributed by atoms with Crippen molar-refractivity contribution < 1.29 is 48.6 Å². The summed E-state index contributed by atoms with van der Waals surface area (Å²) in [6, 6.07) is 22.4. The summed E-state index contributed by atoms with van der Waals surface area (Å²) in [6.07, 6.45) is 9.74. The first-order valence-electron chi connectivity index (χ1n) is 36.7. The Balaban J connectivity index is 0.959. The number of aromatic hydroxyl groups is 1. The molecule has 560 valence electrons. The first kappa shape index (κ1) is 77.9. The van der Waals surface area contributed by atoms with E-state index in [1.807, 2.05) is 42.1 Å². The van der Waals surface area contributed by atoms with E-state index in [9.17, 15) is 24.6 Å². The van der Waals surface area contributed by atoms with Gasteiger partial charge in [0.25, 0.3) is 0 Å². The smallest absolute Gasteiger partial charge is 0.245 e. The normalized spacial score (nSPS) is 24.2. The number of fused-ring (bicyclic) bond motifs is 3. The zero-order valence-electron chi connectivity index (χ0n) is 59.8. The van der Waals surface area contributed by atoms with Crippen LogP contribution in [0.25, 0.3) is 21.8 Å². The van der Waals surface area contributed by atoms with Crippen LogP contribution in [-0.4, -0.2) is 188 Å². The number of H-pyrrole nitrogens is 2. The number of thioether (sulfide) groups is 1. The van der Waals surface area contributed by atoms with E-state index in [1.54, 1.807) is 54.7 Å². The van der Waals surface area contributed by atoms with Crippen molar-refractivity contribution in [3.8, 4) is 5.75 Å². The molecule has 2 fully saturated rings. The maximum atomic E-state index is 15.3. The summed E-state index contributed by atoms with van der Waals surface area (Å²) in [5.41, 5.74) is 24.6. The summed E-state index contributed by atoms with van der Waals surface area (Å²) >= 11 is 1.82. The van der Waals surface area contributed by atoms with Crippen molar-refractivity contribution >= 4 is 86.7 Å². The molecule has 26 nitrogen and oxygen atoms in total. The number of unbranched alkanes of at least 4 members (excludes halogenated alkanes) is 1. The number of Topliss-reactive ketones (excluding diaryl/α,β-unsaturated/α-hetero) is 1. The number of nitrogens with zero attached hydrogens (tertiary/aromatic N) is 3. The number of carbonyl (C=O) groups excluding carboxylic acids is 8. The SMILES string of the molecule is C[C@@H](O)[C@@H]1NC(=O)[C@H](CCCCN)NC(=O)[C@@H](Cc2c[nH]c3ccccc23)NC(=O)[C@H](Cc2ccncc2)NC(=O)[C@H](Cc2ccccc2)NC(=O)[C@H](CCCN=C(N)N)NC(=O)[C@H](NCCSC[C@@H]2C[C@@H]3c4cccc5[nH]cc(c45)C[C@H]3N(C)C2)CCCCCC(=O)[C@H](Cc2ccc(O)cc2)NC1=O. The minimum absolute atomic E-state index is 0.00997. The summed E-state index contributed by atoms with van der Waals surface area (Å²) in [7, 11) is 2.22. The molecule has 105 heavy (non-hydrogen) atoms. The lowest BCUT2D eigenvalue weighted by atomic mass is 9.73. The van der Waals surface area contributed by atoms with Gasteiger partial charge in [-0.15, -0.1) is 0 Å². The van der Waals surface area contributed by atoms with Crippen LogP contribution in [0.3, 0.4) is 0 Å². The number of pyridine rings is 1. The lowest BCUT2D eigenvalue weighted by Crippen LogP contribution is -2.61. The fourth-order valence-electron chi connectivity index (χ4n) is 14.7. The van der Waals surface area contributed by atoms with Gasteiger partial charge in [0.1, 0.15) is 42.0 Å². The van der Waals surface area contributed by atoms with Crippen LogP contribution in [0.1, 0.15) is 117 Å². The lowest BCUT2D eigenvalue weighted by Gasteiger charge is -2.45. The number of ketones is 1. The lowest BCUT2D eigenvalue weighted by molar-refractivity contribution is -0.136. The van der Waals surface area contributed by atoms with E-state index in [0.29, 0.717) is 84.5 Å². The van der Waals surface area contributed by atoms with Crippen LogP contribution >= 0.6 is 11.8 Å². The van der Waals surface area contributed by atoms with Crippen LogP contribution in [0.4, 0.5) is 0 Å². The third-order valence-electron chi connectivity index (χ3n) is 20.3. The van der Waals surface area contributed by atoms with E-state index < -0.39 is 95.8 Å². The standard InChI is InChI=1S/C78H102N16O10S/c1-47(95)70-77(104)89-63(38-49-25-27-54(96)28-26-49)68(97)24-8-4-7-20-60(83-35-36-105-46-51-37-57-56-18-13-22-59-69(56)53(44-86-59)42-67(57)94(2)45-51)71(98)87-62(23-14-32-84-78(80)81)72(99)90-64(39-48-15-5-3-6-16-48)74(101)91-65(40-50-29-33-82-34-30-50)75(102)92-66(41-52-43-85-58-19-10-9-17-55(52)58)76(103)88-61(73(100)93-70)21-11-12-31-79/h3,5-6,9-10,13,15-19,22,25-30,33-34,43-44,47,51,57,60-67,70,83,85-86,95-96H,4,7-8,11-12,14,20-21,23-24,31-32,35-42,45-46,79H2,1-2H3,(H,87,98)(H,88,103)(H,89,104)(H,90,99)(H,91,101)(H,92,102)(H,93,100)(H4,80,81,84)/t47-,51-,57-,60-,61+,62+,63+,64+,65+,66-,67-,70+/m1/s1.